The van der Waals surface area contributed by atoms with Gasteiger partial charge in [-0.3, -0.25) is 9.78 Å². The molecule has 106 valence electrons. The molecule has 0 saturated heterocycles. The van der Waals surface area contributed by atoms with Gasteiger partial charge in [0.1, 0.15) is 10.7 Å². The van der Waals surface area contributed by atoms with E-state index in [2.05, 4.69) is 15.3 Å². The van der Waals surface area contributed by atoms with Crippen LogP contribution >= 0.6 is 22.7 Å². The van der Waals surface area contributed by atoms with Gasteiger partial charge < -0.3 is 5.32 Å². The Kier molecular flexibility index (Phi) is 4.37. The molecule has 0 bridgehead atoms. The van der Waals surface area contributed by atoms with Gasteiger partial charge in [0.15, 0.2) is 0 Å². The molecule has 4 nitrogen and oxygen atoms in total. The molecule has 1 amide bonds. The van der Waals surface area contributed by atoms with E-state index in [1.54, 1.807) is 22.9 Å². The molecule has 0 fully saturated rings. The highest BCUT2D eigenvalue weighted by atomic mass is 32.1. The molecule has 3 heterocycles. The minimum absolute atomic E-state index is 0.134. The molecule has 0 aliphatic heterocycles. The van der Waals surface area contributed by atoms with Crippen LogP contribution in [-0.4, -0.2) is 22.4 Å². The van der Waals surface area contributed by atoms with E-state index in [0.29, 0.717) is 18.7 Å². The number of carbonyl (C=O) groups excluding carboxylic acids is 1. The predicted octanol–water partition coefficient (Wildman–Crippen LogP) is 3.24. The molecule has 3 aromatic rings. The lowest BCUT2D eigenvalue weighted by Crippen LogP contribution is -2.26. The van der Waals surface area contributed by atoms with E-state index in [9.17, 15) is 4.79 Å². The molecular weight excluding hydrogens is 302 g/mol. The maximum atomic E-state index is 12.0. The highest BCUT2D eigenvalue weighted by Gasteiger charge is 2.11. The van der Waals surface area contributed by atoms with Crippen LogP contribution < -0.4 is 5.32 Å². The van der Waals surface area contributed by atoms with Crippen molar-refractivity contribution in [2.45, 2.75) is 6.42 Å². The van der Waals surface area contributed by atoms with Gasteiger partial charge in [-0.1, -0.05) is 12.1 Å². The van der Waals surface area contributed by atoms with Crippen molar-refractivity contribution in [1.82, 2.24) is 15.3 Å². The molecule has 21 heavy (non-hydrogen) atoms. The molecule has 0 unspecified atom stereocenters. The first kappa shape index (κ1) is 13.9. The Labute approximate surface area is 130 Å². The number of hydrogen-bond donors (Lipinski definition) is 1. The average Bonchev–Trinajstić information content (AvgIpc) is 3.19. The smallest absolute Gasteiger partial charge is 0.270 e. The van der Waals surface area contributed by atoms with E-state index in [4.69, 9.17) is 0 Å². The van der Waals surface area contributed by atoms with Crippen LogP contribution in [0.1, 0.15) is 16.2 Å². The molecule has 0 aliphatic rings. The summed E-state index contributed by atoms with van der Waals surface area (Å²) in [5.41, 5.74) is 1.44. The van der Waals surface area contributed by atoms with Gasteiger partial charge in [-0.15, -0.1) is 22.7 Å². The van der Waals surface area contributed by atoms with Crippen LogP contribution in [0.25, 0.3) is 9.88 Å². The van der Waals surface area contributed by atoms with Crippen molar-refractivity contribution in [2.24, 2.45) is 0 Å². The number of hydrogen-bond acceptors (Lipinski definition) is 5. The topological polar surface area (TPSA) is 54.9 Å². The third-order valence-electron chi connectivity index (χ3n) is 2.86. The van der Waals surface area contributed by atoms with E-state index in [1.807, 2.05) is 35.7 Å². The fourth-order valence-corrected chi connectivity index (χ4v) is 3.45. The van der Waals surface area contributed by atoms with Crippen molar-refractivity contribution in [3.05, 3.63) is 58.7 Å². The molecular formula is C15H13N3OS2. The molecule has 3 aromatic heterocycles. The first-order valence-corrected chi connectivity index (χ1v) is 8.26. The van der Waals surface area contributed by atoms with Crippen molar-refractivity contribution in [1.29, 1.82) is 0 Å². The highest BCUT2D eigenvalue weighted by molar-refractivity contribution is 7.20. The van der Waals surface area contributed by atoms with Gasteiger partial charge in [-0.05, 0) is 23.6 Å². The van der Waals surface area contributed by atoms with Crippen molar-refractivity contribution in [3.63, 3.8) is 0 Å². The minimum Gasteiger partial charge on any atom is -0.350 e. The average molecular weight is 315 g/mol. The van der Waals surface area contributed by atoms with Gasteiger partial charge in [0, 0.05) is 30.2 Å². The highest BCUT2D eigenvalue weighted by Crippen LogP contribution is 2.27. The number of amides is 1. The quantitative estimate of drug-likeness (QED) is 0.786. The van der Waals surface area contributed by atoms with Gasteiger partial charge in [0.25, 0.3) is 5.91 Å². The zero-order valence-electron chi connectivity index (χ0n) is 11.2. The Bertz CT molecular complexity index is 708. The fraction of sp³-hybridized carbons (Fsp3) is 0.133. The number of pyridine rings is 1. The van der Waals surface area contributed by atoms with Crippen molar-refractivity contribution < 1.29 is 4.79 Å². The van der Waals surface area contributed by atoms with E-state index in [0.717, 1.165) is 15.6 Å². The van der Waals surface area contributed by atoms with Gasteiger partial charge in [-0.2, -0.15) is 0 Å². The second-order valence-electron chi connectivity index (χ2n) is 4.34. The van der Waals surface area contributed by atoms with E-state index < -0.39 is 0 Å². The molecule has 0 atom stereocenters. The molecule has 0 saturated carbocycles. The predicted molar refractivity (Wildman–Crippen MR) is 85.7 cm³/mol. The van der Waals surface area contributed by atoms with Crippen LogP contribution in [0.15, 0.2) is 47.3 Å². The monoisotopic (exact) mass is 315 g/mol. The zero-order valence-corrected chi connectivity index (χ0v) is 12.8. The van der Waals surface area contributed by atoms with Gasteiger partial charge in [-0.25, -0.2) is 4.98 Å². The first-order chi connectivity index (χ1) is 10.3. The lowest BCUT2D eigenvalue weighted by atomic mass is 10.2. The summed E-state index contributed by atoms with van der Waals surface area (Å²) in [4.78, 5) is 21.7. The Morgan fingerprint density at radius 1 is 1.19 bits per heavy atom. The first-order valence-electron chi connectivity index (χ1n) is 6.50. The van der Waals surface area contributed by atoms with Crippen LogP contribution in [0.2, 0.25) is 0 Å². The minimum atomic E-state index is -0.134. The third kappa shape index (κ3) is 3.53. The molecule has 0 radical (unpaired) electrons. The molecule has 0 aromatic carbocycles. The Morgan fingerprint density at radius 3 is 2.90 bits per heavy atom. The molecule has 0 aliphatic carbocycles. The van der Waals surface area contributed by atoms with Gasteiger partial charge >= 0.3 is 0 Å². The SMILES string of the molecule is O=C(NCCc1ccccn1)c1csc(-c2cccs2)n1. The lowest BCUT2D eigenvalue weighted by Gasteiger charge is -2.02. The zero-order chi connectivity index (χ0) is 14.5. The van der Waals surface area contributed by atoms with Crippen molar-refractivity contribution in [2.75, 3.05) is 6.54 Å². The number of nitrogens with zero attached hydrogens (tertiary/aromatic N) is 2. The number of carbonyl (C=O) groups is 1. The van der Waals surface area contributed by atoms with Crippen molar-refractivity contribution in [3.8, 4) is 9.88 Å². The summed E-state index contributed by atoms with van der Waals surface area (Å²) in [5, 5.41) is 7.56. The molecule has 1 N–H and O–H groups in total. The molecule has 6 heteroatoms. The molecule has 3 rings (SSSR count). The summed E-state index contributed by atoms with van der Waals surface area (Å²) in [6, 6.07) is 9.76. The number of thiazole rings is 1. The van der Waals surface area contributed by atoms with Crippen LogP contribution in [0, 0.1) is 0 Å². The van der Waals surface area contributed by atoms with Gasteiger partial charge in [0.05, 0.1) is 4.88 Å². The Morgan fingerprint density at radius 2 is 2.14 bits per heavy atom. The van der Waals surface area contributed by atoms with Crippen LogP contribution in [0.5, 0.6) is 0 Å². The van der Waals surface area contributed by atoms with Crippen LogP contribution in [0.4, 0.5) is 0 Å². The Hall–Kier alpha value is -2.05. The van der Waals surface area contributed by atoms with E-state index >= 15 is 0 Å². The summed E-state index contributed by atoms with van der Waals surface area (Å²) in [5.74, 6) is -0.134. The normalized spacial score (nSPS) is 10.5. The summed E-state index contributed by atoms with van der Waals surface area (Å²) < 4.78 is 0. The maximum Gasteiger partial charge on any atom is 0.270 e. The van der Waals surface area contributed by atoms with E-state index in [-0.39, 0.29) is 5.91 Å². The largest absolute Gasteiger partial charge is 0.350 e. The lowest BCUT2D eigenvalue weighted by molar-refractivity contribution is 0.0950. The maximum absolute atomic E-state index is 12.0. The summed E-state index contributed by atoms with van der Waals surface area (Å²) in [7, 11) is 0. The summed E-state index contributed by atoms with van der Waals surface area (Å²) in [6.45, 7) is 0.557. The standard InChI is InChI=1S/C15H13N3OS2/c19-14(17-8-6-11-4-1-2-7-16-11)12-10-21-15(18-12)13-5-3-9-20-13/h1-5,7,9-10H,6,8H2,(H,17,19). The second-order valence-corrected chi connectivity index (χ2v) is 6.15. The number of thiophene rings is 1. The summed E-state index contributed by atoms with van der Waals surface area (Å²) >= 11 is 3.12. The number of nitrogens with one attached hydrogen (secondary N) is 1. The van der Waals surface area contributed by atoms with E-state index in [1.165, 1.54) is 11.3 Å². The third-order valence-corrected chi connectivity index (χ3v) is 4.74. The Balaban J connectivity index is 1.56. The fourth-order valence-electron chi connectivity index (χ4n) is 1.83. The molecule has 0 spiro atoms. The van der Waals surface area contributed by atoms with Crippen LogP contribution in [0.3, 0.4) is 0 Å². The van der Waals surface area contributed by atoms with Crippen molar-refractivity contribution >= 4 is 28.6 Å². The van der Waals surface area contributed by atoms with Crippen LogP contribution in [-0.2, 0) is 6.42 Å². The second kappa shape index (κ2) is 6.60. The summed E-state index contributed by atoms with van der Waals surface area (Å²) in [6.07, 6.45) is 2.47. The number of rotatable bonds is 5. The number of aromatic nitrogens is 2. The van der Waals surface area contributed by atoms with Gasteiger partial charge in [0.2, 0.25) is 0 Å².